The number of rotatable bonds is 1. The zero-order valence-electron chi connectivity index (χ0n) is 8.40. The molecule has 1 aromatic carbocycles. The topological polar surface area (TPSA) is 63.3 Å². The van der Waals surface area contributed by atoms with Gasteiger partial charge in [0.2, 0.25) is 0 Å². The Bertz CT molecular complexity index is 627. The third-order valence-electron chi connectivity index (χ3n) is 1.92. The van der Waals surface area contributed by atoms with E-state index in [0.29, 0.717) is 16.1 Å². The van der Waals surface area contributed by atoms with E-state index in [1.54, 1.807) is 18.2 Å². The van der Waals surface area contributed by atoms with E-state index in [1.807, 2.05) is 0 Å². The van der Waals surface area contributed by atoms with E-state index in [4.69, 9.17) is 21.1 Å². The number of benzene rings is 1. The van der Waals surface area contributed by atoms with Gasteiger partial charge in [-0.3, -0.25) is 0 Å². The largest absolute Gasteiger partial charge is 0.513 e. The minimum absolute atomic E-state index is 0.0128. The number of aliphatic hydroxyl groups excluding tert-OH is 1. The van der Waals surface area contributed by atoms with Crippen molar-refractivity contribution < 1.29 is 9.52 Å². The molecule has 0 saturated heterocycles. The van der Waals surface area contributed by atoms with E-state index >= 15 is 0 Å². The summed E-state index contributed by atoms with van der Waals surface area (Å²) >= 11 is 5.79. The summed E-state index contributed by atoms with van der Waals surface area (Å²) < 4.78 is 5.02. The van der Waals surface area contributed by atoms with Crippen molar-refractivity contribution in [3.63, 3.8) is 0 Å². The fourth-order valence-electron chi connectivity index (χ4n) is 1.28. The van der Waals surface area contributed by atoms with Crippen molar-refractivity contribution in [3.8, 4) is 0 Å². The van der Waals surface area contributed by atoms with Crippen LogP contribution in [0, 0.1) is 0 Å². The lowest BCUT2D eigenvalue weighted by atomic mass is 10.3. The lowest BCUT2D eigenvalue weighted by Gasteiger charge is -1.98. The zero-order chi connectivity index (χ0) is 11.7. The first-order valence-corrected chi connectivity index (χ1v) is 4.92. The second kappa shape index (κ2) is 3.98. The van der Waals surface area contributed by atoms with Crippen molar-refractivity contribution in [2.24, 2.45) is 0 Å². The average Bonchev–Trinajstić information content (AvgIpc) is 2.19. The molecule has 4 nitrogen and oxygen atoms in total. The van der Waals surface area contributed by atoms with Gasteiger partial charge in [-0.15, -0.1) is 0 Å². The highest BCUT2D eigenvalue weighted by Gasteiger charge is 2.05. The molecule has 0 radical (unpaired) electrons. The normalized spacial score (nSPS) is 12.0. The number of fused-ring (bicyclic) bond motifs is 1. The molecule has 5 heteroatoms. The molecule has 2 rings (SSSR count). The van der Waals surface area contributed by atoms with Crippen molar-refractivity contribution in [1.82, 2.24) is 4.98 Å². The highest BCUT2D eigenvalue weighted by Crippen LogP contribution is 2.16. The summed E-state index contributed by atoms with van der Waals surface area (Å²) in [6.07, 6.45) is 1.24. The van der Waals surface area contributed by atoms with Crippen LogP contribution in [0.25, 0.3) is 17.2 Å². The summed E-state index contributed by atoms with van der Waals surface area (Å²) in [5.41, 5.74) is 0.291. The van der Waals surface area contributed by atoms with Gasteiger partial charge < -0.3 is 9.52 Å². The minimum Gasteiger partial charge on any atom is -0.513 e. The van der Waals surface area contributed by atoms with Crippen molar-refractivity contribution in [1.29, 1.82) is 0 Å². The lowest BCUT2D eigenvalue weighted by molar-refractivity contribution is 0.419. The molecule has 0 amide bonds. The molecule has 0 saturated carbocycles. The van der Waals surface area contributed by atoms with E-state index in [0.717, 1.165) is 0 Å². The molecule has 1 aromatic heterocycles. The number of aliphatic hydroxyl groups is 1. The van der Waals surface area contributed by atoms with Crippen molar-refractivity contribution >= 4 is 28.8 Å². The van der Waals surface area contributed by atoms with Crippen LogP contribution in [0.5, 0.6) is 0 Å². The fourth-order valence-corrected chi connectivity index (χ4v) is 1.45. The summed E-state index contributed by atoms with van der Waals surface area (Å²) in [6.45, 7) is 1.45. The number of halogens is 1. The van der Waals surface area contributed by atoms with Crippen LogP contribution in [0.1, 0.15) is 12.6 Å². The van der Waals surface area contributed by atoms with Gasteiger partial charge in [0.1, 0.15) is 5.52 Å². The van der Waals surface area contributed by atoms with Crippen LogP contribution in [0.2, 0.25) is 5.02 Å². The molecule has 16 heavy (non-hydrogen) atoms. The first-order valence-electron chi connectivity index (χ1n) is 4.54. The predicted molar refractivity (Wildman–Crippen MR) is 61.6 cm³/mol. The third-order valence-corrected chi connectivity index (χ3v) is 2.15. The monoisotopic (exact) mass is 237 g/mol. The summed E-state index contributed by atoms with van der Waals surface area (Å²) in [5, 5.41) is 9.58. The molecule has 0 atom stereocenters. The maximum absolute atomic E-state index is 11.4. The standard InChI is InChI=1S/C11H8ClNO3/c1-6(14)4-9-11(15)16-10-3-2-7(12)5-8(10)13-9/h2-5,14H,1H3/b6-4+. The summed E-state index contributed by atoms with van der Waals surface area (Å²) in [6, 6.07) is 4.77. The van der Waals surface area contributed by atoms with E-state index in [-0.39, 0.29) is 11.5 Å². The van der Waals surface area contributed by atoms with Crippen LogP contribution < -0.4 is 5.63 Å². The van der Waals surface area contributed by atoms with Crippen LogP contribution in [-0.4, -0.2) is 10.1 Å². The Morgan fingerprint density at radius 2 is 2.31 bits per heavy atom. The quantitative estimate of drug-likeness (QED) is 0.775. The minimum atomic E-state index is -0.594. The third kappa shape index (κ3) is 2.06. The number of hydrogen-bond donors (Lipinski definition) is 1. The highest BCUT2D eigenvalue weighted by atomic mass is 35.5. The molecule has 0 unspecified atom stereocenters. The Balaban J connectivity index is 2.74. The van der Waals surface area contributed by atoms with Gasteiger partial charge in [-0.25, -0.2) is 9.78 Å². The SMILES string of the molecule is C/C(O)=C\c1nc2cc(Cl)ccc2oc1=O. The maximum atomic E-state index is 11.4. The summed E-state index contributed by atoms with van der Waals surface area (Å²) in [5.74, 6) is -0.0128. The van der Waals surface area contributed by atoms with Crippen molar-refractivity contribution in [3.05, 3.63) is 45.1 Å². The zero-order valence-corrected chi connectivity index (χ0v) is 9.15. The van der Waals surface area contributed by atoms with Crippen molar-refractivity contribution in [2.45, 2.75) is 6.92 Å². The molecule has 0 aliphatic heterocycles. The lowest BCUT2D eigenvalue weighted by Crippen LogP contribution is -2.06. The molecule has 2 aromatic rings. The number of nitrogens with zero attached hydrogens (tertiary/aromatic N) is 1. The Morgan fingerprint density at radius 3 is 3.00 bits per heavy atom. The maximum Gasteiger partial charge on any atom is 0.362 e. The smallest absolute Gasteiger partial charge is 0.362 e. The van der Waals surface area contributed by atoms with Gasteiger partial charge in [0, 0.05) is 11.1 Å². The second-order valence-electron chi connectivity index (χ2n) is 3.28. The van der Waals surface area contributed by atoms with E-state index < -0.39 is 5.63 Å². The molecule has 0 bridgehead atoms. The molecule has 0 aliphatic carbocycles. The molecule has 1 heterocycles. The molecular formula is C11H8ClNO3. The highest BCUT2D eigenvalue weighted by molar-refractivity contribution is 6.31. The Labute approximate surface area is 95.8 Å². The van der Waals surface area contributed by atoms with Gasteiger partial charge >= 0.3 is 5.63 Å². The Kier molecular flexibility index (Phi) is 2.66. The molecular weight excluding hydrogens is 230 g/mol. The van der Waals surface area contributed by atoms with Crippen LogP contribution in [0.3, 0.4) is 0 Å². The summed E-state index contributed by atoms with van der Waals surface area (Å²) in [4.78, 5) is 15.5. The number of aromatic nitrogens is 1. The van der Waals surface area contributed by atoms with Crippen LogP contribution in [-0.2, 0) is 0 Å². The van der Waals surface area contributed by atoms with Gasteiger partial charge in [0.25, 0.3) is 0 Å². The Hall–Kier alpha value is -1.81. The fraction of sp³-hybridized carbons (Fsp3) is 0.0909. The molecule has 0 spiro atoms. The van der Waals surface area contributed by atoms with Gasteiger partial charge in [0.15, 0.2) is 11.3 Å². The molecule has 82 valence electrons. The van der Waals surface area contributed by atoms with Crippen LogP contribution >= 0.6 is 11.6 Å². The Morgan fingerprint density at radius 1 is 1.56 bits per heavy atom. The van der Waals surface area contributed by atoms with E-state index in [9.17, 15) is 4.79 Å². The molecule has 1 N–H and O–H groups in total. The second-order valence-corrected chi connectivity index (χ2v) is 3.72. The first kappa shape index (κ1) is 10.7. The van der Waals surface area contributed by atoms with Crippen LogP contribution in [0.15, 0.2) is 33.2 Å². The number of allylic oxidation sites excluding steroid dienone is 1. The average molecular weight is 238 g/mol. The van der Waals surface area contributed by atoms with E-state index in [1.165, 1.54) is 13.0 Å². The predicted octanol–water partition coefficient (Wildman–Crippen LogP) is 2.76. The van der Waals surface area contributed by atoms with Gasteiger partial charge in [0.05, 0.1) is 5.76 Å². The van der Waals surface area contributed by atoms with Crippen LogP contribution in [0.4, 0.5) is 0 Å². The van der Waals surface area contributed by atoms with Gasteiger partial charge in [-0.05, 0) is 25.1 Å². The molecule has 0 fully saturated rings. The molecule has 0 aliphatic rings. The van der Waals surface area contributed by atoms with Gasteiger partial charge in [-0.1, -0.05) is 11.6 Å². The number of hydrogen-bond acceptors (Lipinski definition) is 4. The van der Waals surface area contributed by atoms with Gasteiger partial charge in [-0.2, -0.15) is 0 Å². The van der Waals surface area contributed by atoms with E-state index in [2.05, 4.69) is 4.98 Å². The van der Waals surface area contributed by atoms with Crippen molar-refractivity contribution in [2.75, 3.05) is 0 Å². The first-order chi connectivity index (χ1) is 7.56. The summed E-state index contributed by atoms with van der Waals surface area (Å²) in [7, 11) is 0.